The Morgan fingerprint density at radius 1 is 1.00 bits per heavy atom. The summed E-state index contributed by atoms with van der Waals surface area (Å²) in [6.45, 7) is 0. The number of carbonyl (C=O) groups is 4. The van der Waals surface area contributed by atoms with Crippen LogP contribution in [0.5, 0.6) is 11.6 Å². The van der Waals surface area contributed by atoms with E-state index in [1.54, 1.807) is 24.5 Å². The van der Waals surface area contributed by atoms with Gasteiger partial charge in [0.25, 0.3) is 11.8 Å². The van der Waals surface area contributed by atoms with Gasteiger partial charge in [0.15, 0.2) is 0 Å². The molecule has 10 nitrogen and oxygen atoms in total. The summed E-state index contributed by atoms with van der Waals surface area (Å²) in [6, 6.07) is 5.47. The number of nitrogens with zero attached hydrogens (tertiary/aromatic N) is 3. The fourth-order valence-corrected chi connectivity index (χ4v) is 3.37. The first-order valence-electron chi connectivity index (χ1n) is 8.54. The van der Waals surface area contributed by atoms with E-state index in [2.05, 4.69) is 20.6 Å². The van der Waals surface area contributed by atoms with E-state index in [0.29, 0.717) is 12.2 Å². The Labute approximate surface area is 158 Å². The van der Waals surface area contributed by atoms with Crippen LogP contribution in [0.1, 0.15) is 19.3 Å². The molecule has 28 heavy (non-hydrogen) atoms. The second kappa shape index (κ2) is 6.72. The van der Waals surface area contributed by atoms with Gasteiger partial charge in [0.1, 0.15) is 5.75 Å². The molecule has 0 atom stereocenters. The summed E-state index contributed by atoms with van der Waals surface area (Å²) in [5.74, 6) is -1.26. The lowest BCUT2D eigenvalue weighted by atomic mass is 9.82. The van der Waals surface area contributed by atoms with E-state index < -0.39 is 29.3 Å². The number of hydrogen-bond acceptors (Lipinski definition) is 7. The molecule has 2 aromatic rings. The van der Waals surface area contributed by atoms with E-state index in [1.165, 1.54) is 18.3 Å². The molecule has 0 bridgehead atoms. The fourth-order valence-electron chi connectivity index (χ4n) is 3.37. The van der Waals surface area contributed by atoms with Gasteiger partial charge in [-0.15, -0.1) is 0 Å². The van der Waals surface area contributed by atoms with Gasteiger partial charge < -0.3 is 4.74 Å². The minimum absolute atomic E-state index is 0.0962. The minimum atomic E-state index is -1.82. The summed E-state index contributed by atoms with van der Waals surface area (Å²) < 4.78 is 5.58. The van der Waals surface area contributed by atoms with Crippen molar-refractivity contribution in [3.63, 3.8) is 0 Å². The molecule has 1 spiro atoms. The van der Waals surface area contributed by atoms with Crippen molar-refractivity contribution in [1.29, 1.82) is 0 Å². The van der Waals surface area contributed by atoms with Crippen LogP contribution < -0.4 is 20.3 Å². The van der Waals surface area contributed by atoms with Crippen molar-refractivity contribution in [2.45, 2.75) is 24.8 Å². The molecule has 2 aliphatic heterocycles. The van der Waals surface area contributed by atoms with Gasteiger partial charge in [-0.1, -0.05) is 0 Å². The summed E-state index contributed by atoms with van der Waals surface area (Å²) in [5, 5.41) is 4.16. The zero-order valence-corrected chi connectivity index (χ0v) is 14.5. The molecule has 4 heterocycles. The molecular weight excluding hydrogens is 366 g/mol. The number of urea groups is 1. The highest BCUT2D eigenvalue weighted by Gasteiger charge is 2.58. The van der Waals surface area contributed by atoms with Crippen molar-refractivity contribution in [3.05, 3.63) is 42.9 Å². The first kappa shape index (κ1) is 17.6. The average Bonchev–Trinajstić information content (AvgIpc) is 2.68. The lowest BCUT2D eigenvalue weighted by molar-refractivity contribution is -0.143. The van der Waals surface area contributed by atoms with Crippen molar-refractivity contribution in [2.75, 3.05) is 4.90 Å². The van der Waals surface area contributed by atoms with Gasteiger partial charge in [0, 0.05) is 24.9 Å². The second-order valence-corrected chi connectivity index (χ2v) is 6.32. The second-order valence-electron chi connectivity index (χ2n) is 6.32. The van der Waals surface area contributed by atoms with Crippen molar-refractivity contribution in [3.8, 4) is 11.6 Å². The molecule has 142 valence electrons. The summed E-state index contributed by atoms with van der Waals surface area (Å²) in [4.78, 5) is 58.4. The molecule has 0 unspecified atom stereocenters. The van der Waals surface area contributed by atoms with Crippen LogP contribution in [0.25, 0.3) is 0 Å². The summed E-state index contributed by atoms with van der Waals surface area (Å²) in [7, 11) is 0. The van der Waals surface area contributed by atoms with Crippen LogP contribution >= 0.6 is 0 Å². The van der Waals surface area contributed by atoms with Crippen LogP contribution in [0, 0.1) is 0 Å². The average molecular weight is 381 g/mol. The number of nitrogens with one attached hydrogen (secondary N) is 2. The van der Waals surface area contributed by atoms with Crippen molar-refractivity contribution >= 4 is 29.4 Å². The van der Waals surface area contributed by atoms with Crippen LogP contribution in [0.3, 0.4) is 0 Å². The first-order chi connectivity index (χ1) is 13.5. The maximum absolute atomic E-state index is 12.6. The fraction of sp³-hybridized carbons (Fsp3) is 0.222. The molecule has 2 fully saturated rings. The van der Waals surface area contributed by atoms with E-state index in [-0.39, 0.29) is 24.4 Å². The smallest absolute Gasteiger partial charge is 0.328 e. The molecule has 0 aromatic carbocycles. The lowest BCUT2D eigenvalue weighted by Gasteiger charge is -2.45. The van der Waals surface area contributed by atoms with Crippen LogP contribution in [0.4, 0.5) is 10.5 Å². The Kier molecular flexibility index (Phi) is 4.22. The molecular formula is C18H15N5O5. The molecule has 0 saturated carbocycles. The predicted molar refractivity (Wildman–Crippen MR) is 94.3 cm³/mol. The third kappa shape index (κ3) is 2.84. The summed E-state index contributed by atoms with van der Waals surface area (Å²) in [6.07, 6.45) is 5.10. The number of carbonyl (C=O) groups excluding carboxylic acids is 4. The van der Waals surface area contributed by atoms with Gasteiger partial charge in [-0.25, -0.2) is 9.78 Å². The van der Waals surface area contributed by atoms with Crippen LogP contribution in [0.2, 0.25) is 0 Å². The molecule has 10 heteroatoms. The van der Waals surface area contributed by atoms with Crippen molar-refractivity contribution in [1.82, 2.24) is 20.6 Å². The zero-order valence-electron chi connectivity index (χ0n) is 14.5. The number of piperidine rings is 1. The number of imide groups is 2. The number of aromatic nitrogens is 2. The number of amides is 5. The predicted octanol–water partition coefficient (Wildman–Crippen LogP) is 0.891. The van der Waals surface area contributed by atoms with Crippen molar-refractivity contribution < 1.29 is 23.9 Å². The van der Waals surface area contributed by atoms with Crippen LogP contribution in [-0.2, 0) is 14.4 Å². The van der Waals surface area contributed by atoms with Crippen LogP contribution in [-0.4, -0.2) is 39.3 Å². The number of rotatable bonds is 3. The third-order valence-corrected chi connectivity index (χ3v) is 4.62. The highest BCUT2D eigenvalue weighted by molar-refractivity contribution is 6.27. The third-order valence-electron chi connectivity index (χ3n) is 4.62. The van der Waals surface area contributed by atoms with Gasteiger partial charge in [-0.05, 0) is 31.0 Å². The highest BCUT2D eigenvalue weighted by atomic mass is 16.5. The van der Waals surface area contributed by atoms with Crippen molar-refractivity contribution in [2.24, 2.45) is 0 Å². The number of hydrogen-bond donors (Lipinski definition) is 2. The maximum Gasteiger partial charge on any atom is 0.328 e. The molecule has 2 saturated heterocycles. The number of barbiturate groups is 1. The summed E-state index contributed by atoms with van der Waals surface area (Å²) >= 11 is 0. The van der Waals surface area contributed by atoms with Gasteiger partial charge in [0.05, 0.1) is 11.9 Å². The largest absolute Gasteiger partial charge is 0.439 e. The Bertz CT molecular complexity index is 940. The topological polar surface area (TPSA) is 131 Å². The Morgan fingerprint density at radius 3 is 2.36 bits per heavy atom. The van der Waals surface area contributed by atoms with Gasteiger partial charge in [0.2, 0.25) is 17.3 Å². The maximum atomic E-state index is 12.6. The normalized spacial score (nSPS) is 18.6. The Balaban J connectivity index is 1.67. The minimum Gasteiger partial charge on any atom is -0.439 e. The standard InChI is InChI=1S/C18H15N5O5/c24-14-2-1-7-18(15(25)21-17(27)22-16(18)26)23(14)11-3-4-13(20-10-11)28-12-5-8-19-9-6-12/h3-6,8-10H,1-2,7H2,(H2,21,22,25,26,27). The van der Waals surface area contributed by atoms with Gasteiger partial charge in [-0.2, -0.15) is 0 Å². The van der Waals surface area contributed by atoms with E-state index in [1.807, 2.05) is 0 Å². The Morgan fingerprint density at radius 2 is 1.71 bits per heavy atom. The molecule has 0 aliphatic carbocycles. The number of ether oxygens (including phenoxy) is 1. The molecule has 2 aliphatic rings. The molecule has 2 N–H and O–H groups in total. The monoisotopic (exact) mass is 381 g/mol. The quantitative estimate of drug-likeness (QED) is 0.755. The van der Waals surface area contributed by atoms with E-state index >= 15 is 0 Å². The van der Waals surface area contributed by atoms with Gasteiger partial charge >= 0.3 is 6.03 Å². The molecule has 4 rings (SSSR count). The first-order valence-corrected chi connectivity index (χ1v) is 8.54. The van der Waals surface area contributed by atoms with Crippen LogP contribution in [0.15, 0.2) is 42.9 Å². The number of anilines is 1. The SMILES string of the molecule is O=C1NC(=O)C2(CCCC(=O)N2c2ccc(Oc3ccncc3)nc2)C(=O)N1. The molecule has 2 aromatic heterocycles. The molecule has 0 radical (unpaired) electrons. The highest BCUT2D eigenvalue weighted by Crippen LogP contribution is 2.36. The Hall–Kier alpha value is -3.82. The van der Waals surface area contributed by atoms with E-state index in [9.17, 15) is 19.2 Å². The molecule has 5 amide bonds. The number of pyridine rings is 2. The summed E-state index contributed by atoms with van der Waals surface area (Å²) in [5.41, 5.74) is -1.57. The lowest BCUT2D eigenvalue weighted by Crippen LogP contribution is -2.75. The van der Waals surface area contributed by atoms with E-state index in [0.717, 1.165) is 4.90 Å². The zero-order chi connectivity index (χ0) is 19.7. The van der Waals surface area contributed by atoms with E-state index in [4.69, 9.17) is 4.74 Å². The van der Waals surface area contributed by atoms with Gasteiger partial charge in [-0.3, -0.25) is 34.9 Å².